The Morgan fingerprint density at radius 1 is 1.16 bits per heavy atom. The highest BCUT2D eigenvalue weighted by Gasteiger charge is 2.40. The molecule has 2 aliphatic heterocycles. The zero-order valence-corrected chi connectivity index (χ0v) is 12.0. The van der Waals surface area contributed by atoms with E-state index in [0.717, 1.165) is 19.5 Å². The molecule has 19 heavy (non-hydrogen) atoms. The number of benzene rings is 1. The maximum Gasteiger partial charge on any atom is 0.243 e. The smallest absolute Gasteiger partial charge is 0.243 e. The first-order valence-corrected chi connectivity index (χ1v) is 8.34. The van der Waals surface area contributed by atoms with Gasteiger partial charge in [0.05, 0.1) is 4.90 Å². The van der Waals surface area contributed by atoms with Crippen LogP contribution >= 0.6 is 0 Å². The van der Waals surface area contributed by atoms with Gasteiger partial charge in [-0.05, 0) is 38.4 Å². The fourth-order valence-electron chi connectivity index (χ4n) is 3.22. The Balaban J connectivity index is 1.89. The summed E-state index contributed by atoms with van der Waals surface area (Å²) in [5.74, 6) is 0. The molecule has 0 spiro atoms. The van der Waals surface area contributed by atoms with Gasteiger partial charge in [0.2, 0.25) is 10.0 Å². The topological polar surface area (TPSA) is 40.6 Å². The van der Waals surface area contributed by atoms with Crippen LogP contribution in [-0.2, 0) is 10.0 Å². The van der Waals surface area contributed by atoms with Gasteiger partial charge in [-0.2, -0.15) is 4.31 Å². The zero-order chi connectivity index (χ0) is 13.5. The molecule has 104 valence electrons. The summed E-state index contributed by atoms with van der Waals surface area (Å²) in [6.45, 7) is 4.62. The van der Waals surface area contributed by atoms with Crippen molar-refractivity contribution in [2.24, 2.45) is 0 Å². The van der Waals surface area contributed by atoms with E-state index in [1.807, 2.05) is 13.0 Å². The summed E-state index contributed by atoms with van der Waals surface area (Å²) in [5, 5.41) is 0. The lowest BCUT2D eigenvalue weighted by Gasteiger charge is -2.41. The number of fused-ring (bicyclic) bond motifs is 1. The highest BCUT2D eigenvalue weighted by molar-refractivity contribution is 7.89. The van der Waals surface area contributed by atoms with Crippen molar-refractivity contribution in [3.8, 4) is 0 Å². The molecule has 2 heterocycles. The fourth-order valence-corrected chi connectivity index (χ4v) is 4.90. The molecule has 2 saturated heterocycles. The molecule has 0 aromatic heterocycles. The first-order valence-electron chi connectivity index (χ1n) is 6.90. The number of piperazine rings is 1. The van der Waals surface area contributed by atoms with Crippen LogP contribution in [0.5, 0.6) is 0 Å². The molecule has 4 nitrogen and oxygen atoms in total. The summed E-state index contributed by atoms with van der Waals surface area (Å²) in [6.07, 6.45) is 2.31. The van der Waals surface area contributed by atoms with Gasteiger partial charge in [-0.25, -0.2) is 8.42 Å². The number of sulfonamides is 1. The SMILES string of the molecule is CC1CN2CCCC2CN1S(=O)(=O)c1ccccc1. The molecule has 2 atom stereocenters. The minimum atomic E-state index is -3.34. The molecule has 5 heteroatoms. The highest BCUT2D eigenvalue weighted by atomic mass is 32.2. The number of rotatable bonds is 2. The van der Waals surface area contributed by atoms with Crippen molar-refractivity contribution in [3.05, 3.63) is 30.3 Å². The van der Waals surface area contributed by atoms with E-state index >= 15 is 0 Å². The van der Waals surface area contributed by atoms with Gasteiger partial charge >= 0.3 is 0 Å². The van der Waals surface area contributed by atoms with Gasteiger partial charge < -0.3 is 0 Å². The first kappa shape index (κ1) is 13.1. The average molecular weight is 280 g/mol. The van der Waals surface area contributed by atoms with E-state index in [9.17, 15) is 8.42 Å². The van der Waals surface area contributed by atoms with Gasteiger partial charge in [-0.3, -0.25) is 4.90 Å². The molecule has 2 unspecified atom stereocenters. The van der Waals surface area contributed by atoms with E-state index in [1.165, 1.54) is 6.42 Å². The van der Waals surface area contributed by atoms with Gasteiger partial charge in [0.25, 0.3) is 0 Å². The highest BCUT2D eigenvalue weighted by Crippen LogP contribution is 2.28. The predicted octanol–water partition coefficient (Wildman–Crippen LogP) is 1.54. The summed E-state index contributed by atoms with van der Waals surface area (Å²) in [5.41, 5.74) is 0. The van der Waals surface area contributed by atoms with E-state index in [-0.39, 0.29) is 6.04 Å². The van der Waals surface area contributed by atoms with Crippen molar-refractivity contribution in [2.75, 3.05) is 19.6 Å². The third-order valence-corrected chi connectivity index (χ3v) is 6.22. The lowest BCUT2D eigenvalue weighted by Crippen LogP contribution is -2.56. The molecular formula is C14H20N2O2S. The van der Waals surface area contributed by atoms with Crippen LogP contribution in [-0.4, -0.2) is 49.3 Å². The van der Waals surface area contributed by atoms with E-state index in [0.29, 0.717) is 17.5 Å². The van der Waals surface area contributed by atoms with E-state index in [1.54, 1.807) is 28.6 Å². The van der Waals surface area contributed by atoms with Crippen molar-refractivity contribution in [1.29, 1.82) is 0 Å². The Kier molecular flexibility index (Phi) is 3.37. The Labute approximate surface area is 115 Å². The number of hydrogen-bond acceptors (Lipinski definition) is 3. The molecule has 1 aromatic rings. The molecule has 0 saturated carbocycles. The van der Waals surface area contributed by atoms with Crippen LogP contribution in [0.2, 0.25) is 0 Å². The monoisotopic (exact) mass is 280 g/mol. The van der Waals surface area contributed by atoms with Crippen molar-refractivity contribution in [3.63, 3.8) is 0 Å². The normalized spacial score (nSPS) is 29.3. The second-order valence-corrected chi connectivity index (χ2v) is 7.42. The molecule has 0 aliphatic carbocycles. The standard InChI is InChI=1S/C14H20N2O2S/c1-12-10-15-9-5-6-13(15)11-16(12)19(17,18)14-7-3-2-4-8-14/h2-4,7-8,12-13H,5-6,9-11H2,1H3. The summed E-state index contributed by atoms with van der Waals surface area (Å²) in [6, 6.07) is 9.24. The van der Waals surface area contributed by atoms with Crippen molar-refractivity contribution >= 4 is 10.0 Å². The largest absolute Gasteiger partial charge is 0.297 e. The Bertz CT molecular complexity index is 544. The molecule has 0 bridgehead atoms. The first-order chi connectivity index (χ1) is 9.09. The van der Waals surface area contributed by atoms with Crippen molar-refractivity contribution in [2.45, 2.75) is 36.7 Å². The summed E-state index contributed by atoms with van der Waals surface area (Å²) in [4.78, 5) is 2.84. The molecular weight excluding hydrogens is 260 g/mol. The Hall–Kier alpha value is -0.910. The van der Waals surface area contributed by atoms with Gasteiger partial charge in [-0.1, -0.05) is 18.2 Å². The minimum absolute atomic E-state index is 0.0551. The molecule has 2 aliphatic rings. The molecule has 3 rings (SSSR count). The predicted molar refractivity (Wildman–Crippen MR) is 74.4 cm³/mol. The lowest BCUT2D eigenvalue weighted by atomic mass is 10.1. The van der Waals surface area contributed by atoms with Crippen LogP contribution in [0.4, 0.5) is 0 Å². The van der Waals surface area contributed by atoms with E-state index < -0.39 is 10.0 Å². The zero-order valence-electron chi connectivity index (χ0n) is 11.2. The van der Waals surface area contributed by atoms with E-state index in [4.69, 9.17) is 0 Å². The maximum atomic E-state index is 12.7. The fraction of sp³-hybridized carbons (Fsp3) is 0.571. The van der Waals surface area contributed by atoms with Gasteiger partial charge in [0, 0.05) is 25.2 Å². The van der Waals surface area contributed by atoms with Crippen LogP contribution < -0.4 is 0 Å². The van der Waals surface area contributed by atoms with Crippen LogP contribution in [0.15, 0.2) is 35.2 Å². The number of hydrogen-bond donors (Lipinski definition) is 0. The number of nitrogens with zero attached hydrogens (tertiary/aromatic N) is 2. The molecule has 2 fully saturated rings. The van der Waals surface area contributed by atoms with Gasteiger partial charge in [0.1, 0.15) is 0 Å². The summed E-state index contributed by atoms with van der Waals surface area (Å²) >= 11 is 0. The molecule has 0 N–H and O–H groups in total. The summed E-state index contributed by atoms with van der Waals surface area (Å²) in [7, 11) is -3.34. The summed E-state index contributed by atoms with van der Waals surface area (Å²) < 4.78 is 27.1. The Morgan fingerprint density at radius 2 is 1.89 bits per heavy atom. The van der Waals surface area contributed by atoms with Gasteiger partial charge in [0.15, 0.2) is 0 Å². The molecule has 0 radical (unpaired) electrons. The van der Waals surface area contributed by atoms with Crippen molar-refractivity contribution in [1.82, 2.24) is 9.21 Å². The third kappa shape index (κ3) is 2.30. The van der Waals surface area contributed by atoms with Crippen LogP contribution in [0.3, 0.4) is 0 Å². The van der Waals surface area contributed by atoms with Crippen molar-refractivity contribution < 1.29 is 8.42 Å². The minimum Gasteiger partial charge on any atom is -0.297 e. The third-order valence-electron chi connectivity index (χ3n) is 4.23. The quantitative estimate of drug-likeness (QED) is 0.825. The van der Waals surface area contributed by atoms with Crippen LogP contribution in [0, 0.1) is 0 Å². The maximum absolute atomic E-state index is 12.7. The second kappa shape index (κ2) is 4.89. The molecule has 0 amide bonds. The van der Waals surface area contributed by atoms with Gasteiger partial charge in [-0.15, -0.1) is 0 Å². The van der Waals surface area contributed by atoms with Crippen LogP contribution in [0.1, 0.15) is 19.8 Å². The second-order valence-electron chi connectivity index (χ2n) is 5.53. The van der Waals surface area contributed by atoms with E-state index in [2.05, 4.69) is 4.90 Å². The average Bonchev–Trinajstić information content (AvgIpc) is 2.85. The molecule has 1 aromatic carbocycles. The lowest BCUT2D eigenvalue weighted by molar-refractivity contribution is 0.117. The van der Waals surface area contributed by atoms with Crippen LogP contribution in [0.25, 0.3) is 0 Å². The Morgan fingerprint density at radius 3 is 2.63 bits per heavy atom.